The monoisotopic (exact) mass is 354 g/mol. The predicted molar refractivity (Wildman–Crippen MR) is 86.0 cm³/mol. The maximum Gasteiger partial charge on any atom is 0.416 e. The molecule has 2 aromatic rings. The molecule has 0 saturated heterocycles. The van der Waals surface area contributed by atoms with E-state index in [-0.39, 0.29) is 11.3 Å². The van der Waals surface area contributed by atoms with E-state index in [9.17, 15) is 18.0 Å². The Morgan fingerprint density at radius 1 is 1.38 bits per heavy atom. The Morgan fingerprint density at radius 3 is 2.75 bits per heavy atom. The smallest absolute Gasteiger partial charge is 0.365 e. The van der Waals surface area contributed by atoms with E-state index in [1.807, 2.05) is 0 Å². The molecule has 9 heteroatoms. The molecule has 0 radical (unpaired) electrons. The van der Waals surface area contributed by atoms with Crippen molar-refractivity contribution in [2.75, 3.05) is 12.4 Å². The van der Waals surface area contributed by atoms with Gasteiger partial charge in [-0.15, -0.1) is 11.3 Å². The minimum atomic E-state index is -4.47. The quantitative estimate of drug-likeness (QED) is 0.792. The highest BCUT2D eigenvalue weighted by Crippen LogP contribution is 2.35. The van der Waals surface area contributed by atoms with Crippen molar-refractivity contribution in [1.82, 2.24) is 5.32 Å². The largest absolute Gasteiger partial charge is 0.416 e. The van der Waals surface area contributed by atoms with Gasteiger partial charge < -0.3 is 11.1 Å². The van der Waals surface area contributed by atoms with Gasteiger partial charge in [-0.05, 0) is 30.6 Å². The number of carbonyl (C=O) groups is 1. The van der Waals surface area contributed by atoms with Gasteiger partial charge in [0, 0.05) is 11.1 Å². The Hall–Kier alpha value is -2.39. The van der Waals surface area contributed by atoms with Gasteiger partial charge in [0.2, 0.25) is 0 Å². The highest BCUT2D eigenvalue weighted by molar-refractivity contribution is 7.14. The van der Waals surface area contributed by atoms with Gasteiger partial charge in [0.15, 0.2) is 0 Å². The van der Waals surface area contributed by atoms with Crippen LogP contribution in [0.1, 0.15) is 16.7 Å². The lowest BCUT2D eigenvalue weighted by Gasteiger charge is -2.32. The van der Waals surface area contributed by atoms with Gasteiger partial charge in [-0.1, -0.05) is 12.1 Å². The number of thiophene rings is 1. The molecule has 24 heavy (non-hydrogen) atoms. The lowest BCUT2D eigenvalue weighted by atomic mass is 9.99. The highest BCUT2D eigenvalue weighted by Gasteiger charge is 2.40. The Labute approximate surface area is 139 Å². The SMILES string of the molecule is CNC1(C(N)=O)N=C(c2cccc(C(F)(F)F)c2)c2ccsc2N1. The molecule has 2 heterocycles. The van der Waals surface area contributed by atoms with E-state index in [1.165, 1.54) is 30.5 Å². The zero-order valence-electron chi connectivity index (χ0n) is 12.4. The van der Waals surface area contributed by atoms with Crippen LogP contribution in [0.4, 0.5) is 18.2 Å². The van der Waals surface area contributed by atoms with Crippen LogP contribution in [-0.4, -0.2) is 24.5 Å². The Bertz CT molecular complexity index is 830. The number of hydrogen-bond acceptors (Lipinski definition) is 5. The molecule has 0 fully saturated rings. The molecule has 0 aliphatic carbocycles. The zero-order chi connectivity index (χ0) is 17.5. The fourth-order valence-corrected chi connectivity index (χ4v) is 3.27. The number of alkyl halides is 3. The fourth-order valence-electron chi connectivity index (χ4n) is 2.43. The van der Waals surface area contributed by atoms with Crippen LogP contribution in [0.25, 0.3) is 0 Å². The second-order valence-electron chi connectivity index (χ2n) is 5.15. The van der Waals surface area contributed by atoms with Gasteiger partial charge >= 0.3 is 6.18 Å². The summed E-state index contributed by atoms with van der Waals surface area (Å²) >= 11 is 1.31. The lowest BCUT2D eigenvalue weighted by Crippen LogP contribution is -2.60. The van der Waals surface area contributed by atoms with Crippen molar-refractivity contribution in [3.63, 3.8) is 0 Å². The third-order valence-electron chi connectivity index (χ3n) is 3.68. The van der Waals surface area contributed by atoms with Gasteiger partial charge in [-0.2, -0.15) is 13.2 Å². The van der Waals surface area contributed by atoms with E-state index in [0.717, 1.165) is 12.1 Å². The molecule has 0 spiro atoms. The molecule has 4 N–H and O–H groups in total. The van der Waals surface area contributed by atoms with Gasteiger partial charge in [-0.25, -0.2) is 4.99 Å². The number of rotatable bonds is 3. The number of nitrogens with two attached hydrogens (primary N) is 1. The van der Waals surface area contributed by atoms with Crippen LogP contribution in [0.2, 0.25) is 0 Å². The Morgan fingerprint density at radius 2 is 2.12 bits per heavy atom. The predicted octanol–water partition coefficient (Wildman–Crippen LogP) is 2.39. The van der Waals surface area contributed by atoms with Crippen molar-refractivity contribution in [2.24, 2.45) is 10.7 Å². The molecule has 1 unspecified atom stereocenters. The topological polar surface area (TPSA) is 79.5 Å². The summed E-state index contributed by atoms with van der Waals surface area (Å²) < 4.78 is 38.9. The van der Waals surface area contributed by atoms with Gasteiger partial charge in [0.1, 0.15) is 5.00 Å². The van der Waals surface area contributed by atoms with Gasteiger partial charge in [0.05, 0.1) is 11.3 Å². The standard InChI is InChI=1S/C15H13F3N4OS/c1-20-15(13(19)23)21-11(10-5-6-24-12(10)22-15)8-3-2-4-9(7-8)14(16,17)18/h2-7,20,22H,1H3,(H2,19,23). The van der Waals surface area contributed by atoms with Crippen molar-refractivity contribution in [1.29, 1.82) is 0 Å². The van der Waals surface area contributed by atoms with Crippen LogP contribution in [0, 0.1) is 0 Å². The minimum absolute atomic E-state index is 0.256. The first kappa shape index (κ1) is 16.5. The zero-order valence-corrected chi connectivity index (χ0v) is 13.3. The fraction of sp³-hybridized carbons (Fsp3) is 0.200. The molecular weight excluding hydrogens is 341 g/mol. The number of amides is 1. The number of hydrogen-bond donors (Lipinski definition) is 3. The maximum atomic E-state index is 13.0. The first-order chi connectivity index (χ1) is 11.3. The lowest BCUT2D eigenvalue weighted by molar-refractivity contribution is -0.137. The molecule has 126 valence electrons. The molecule has 1 amide bonds. The maximum absolute atomic E-state index is 13.0. The van der Waals surface area contributed by atoms with Crippen molar-refractivity contribution < 1.29 is 18.0 Å². The van der Waals surface area contributed by atoms with Crippen molar-refractivity contribution in [2.45, 2.75) is 12.0 Å². The number of halogens is 3. The van der Waals surface area contributed by atoms with E-state index < -0.39 is 23.4 Å². The molecular formula is C15H13F3N4OS. The van der Waals surface area contributed by atoms with Crippen molar-refractivity contribution in [3.05, 3.63) is 52.4 Å². The normalized spacial score (nSPS) is 20.1. The van der Waals surface area contributed by atoms with Crippen molar-refractivity contribution in [3.8, 4) is 0 Å². The number of likely N-dealkylation sites (N-methyl/N-ethyl adjacent to an activating group) is 1. The summed E-state index contributed by atoms with van der Waals surface area (Å²) in [5, 5.41) is 7.97. The number of fused-ring (bicyclic) bond motifs is 1. The average molecular weight is 354 g/mol. The third kappa shape index (κ3) is 2.65. The number of anilines is 1. The number of nitrogens with zero attached hydrogens (tertiary/aromatic N) is 1. The number of primary amides is 1. The van der Waals surface area contributed by atoms with E-state index in [1.54, 1.807) is 11.4 Å². The van der Waals surface area contributed by atoms with Crippen LogP contribution in [0.15, 0.2) is 40.7 Å². The average Bonchev–Trinajstić information content (AvgIpc) is 3.01. The molecule has 5 nitrogen and oxygen atoms in total. The number of benzene rings is 1. The summed E-state index contributed by atoms with van der Waals surface area (Å²) in [5.41, 5.74) is 5.79. The molecule has 1 aliphatic rings. The summed E-state index contributed by atoms with van der Waals surface area (Å²) in [5.74, 6) is -2.39. The van der Waals surface area contributed by atoms with Crippen LogP contribution in [0.5, 0.6) is 0 Å². The Kier molecular flexibility index (Phi) is 3.84. The summed E-state index contributed by atoms with van der Waals surface area (Å²) in [4.78, 5) is 16.2. The second kappa shape index (κ2) is 5.60. The first-order valence-corrected chi connectivity index (χ1v) is 7.77. The van der Waals surface area contributed by atoms with E-state index in [2.05, 4.69) is 15.6 Å². The Balaban J connectivity index is 2.19. The van der Waals surface area contributed by atoms with Gasteiger partial charge in [-0.3, -0.25) is 10.1 Å². The van der Waals surface area contributed by atoms with E-state index >= 15 is 0 Å². The minimum Gasteiger partial charge on any atom is -0.365 e. The van der Waals surface area contributed by atoms with E-state index in [4.69, 9.17) is 5.73 Å². The van der Waals surface area contributed by atoms with E-state index in [0.29, 0.717) is 10.6 Å². The van der Waals surface area contributed by atoms with Gasteiger partial charge in [0.25, 0.3) is 11.7 Å². The highest BCUT2D eigenvalue weighted by atomic mass is 32.1. The second-order valence-corrected chi connectivity index (χ2v) is 6.07. The van der Waals surface area contributed by atoms with Crippen LogP contribution >= 0.6 is 11.3 Å². The number of nitrogens with one attached hydrogen (secondary N) is 2. The number of carbonyl (C=O) groups excluding carboxylic acids is 1. The molecule has 1 aliphatic heterocycles. The summed E-state index contributed by atoms with van der Waals surface area (Å²) in [6, 6.07) is 6.54. The molecule has 0 bridgehead atoms. The summed E-state index contributed by atoms with van der Waals surface area (Å²) in [6.45, 7) is 0. The third-order valence-corrected chi connectivity index (χ3v) is 4.51. The first-order valence-electron chi connectivity index (χ1n) is 6.89. The number of aliphatic imine (C=N–C) groups is 1. The van der Waals surface area contributed by atoms with Crippen LogP contribution < -0.4 is 16.4 Å². The van der Waals surface area contributed by atoms with Crippen LogP contribution in [-0.2, 0) is 11.0 Å². The molecule has 1 atom stereocenters. The molecule has 0 saturated carbocycles. The molecule has 3 rings (SSSR count). The summed E-state index contributed by atoms with van der Waals surface area (Å²) in [6.07, 6.45) is -4.47. The molecule has 1 aromatic heterocycles. The van der Waals surface area contributed by atoms with Crippen LogP contribution in [0.3, 0.4) is 0 Å². The molecule has 1 aromatic carbocycles. The summed E-state index contributed by atoms with van der Waals surface area (Å²) in [7, 11) is 1.49. The van der Waals surface area contributed by atoms with Crippen molar-refractivity contribution >= 4 is 28.0 Å².